The van der Waals surface area contributed by atoms with Crippen LogP contribution in [-0.2, 0) is 0 Å². The molecule has 0 saturated heterocycles. The van der Waals surface area contributed by atoms with Crippen LogP contribution in [0.2, 0.25) is 10.0 Å². The number of imide groups is 1. The molecular formula is C22H14Cl2N2O4. The van der Waals surface area contributed by atoms with Crippen molar-refractivity contribution in [2.45, 2.75) is 0 Å². The molecule has 3 aromatic rings. The minimum atomic E-state index is -0.574. The smallest absolute Gasteiger partial charge is 0.266 e. The SMILES string of the molecule is COc1cccc(NC(=O)c2ccccc2N2C(=O)c3cc(Cl)c(Cl)cc3C2=O)c1. The topological polar surface area (TPSA) is 75.7 Å². The van der Waals surface area contributed by atoms with Gasteiger partial charge in [-0.2, -0.15) is 0 Å². The lowest BCUT2D eigenvalue weighted by atomic mass is 10.1. The summed E-state index contributed by atoms with van der Waals surface area (Å²) in [7, 11) is 1.52. The van der Waals surface area contributed by atoms with E-state index in [9.17, 15) is 14.4 Å². The van der Waals surface area contributed by atoms with E-state index in [-0.39, 0.29) is 32.4 Å². The van der Waals surface area contributed by atoms with Gasteiger partial charge in [0.2, 0.25) is 0 Å². The van der Waals surface area contributed by atoms with Crippen LogP contribution in [0.3, 0.4) is 0 Å². The second-order valence-corrected chi connectivity index (χ2v) is 7.28. The van der Waals surface area contributed by atoms with Crippen LogP contribution in [0.1, 0.15) is 31.1 Å². The minimum Gasteiger partial charge on any atom is -0.497 e. The number of anilines is 2. The Hall–Kier alpha value is -3.35. The lowest BCUT2D eigenvalue weighted by Crippen LogP contribution is -2.31. The molecular weight excluding hydrogens is 427 g/mol. The first kappa shape index (κ1) is 19.9. The second-order valence-electron chi connectivity index (χ2n) is 6.46. The third-order valence-corrected chi connectivity index (χ3v) is 5.37. The Morgan fingerprint density at radius 1 is 0.900 bits per heavy atom. The van der Waals surface area contributed by atoms with E-state index in [2.05, 4.69) is 5.32 Å². The van der Waals surface area contributed by atoms with Crippen LogP contribution < -0.4 is 15.0 Å². The van der Waals surface area contributed by atoms with Crippen LogP contribution in [-0.4, -0.2) is 24.8 Å². The number of carbonyl (C=O) groups excluding carboxylic acids is 3. The normalized spacial score (nSPS) is 12.7. The third-order valence-electron chi connectivity index (χ3n) is 4.64. The number of nitrogens with zero attached hydrogens (tertiary/aromatic N) is 1. The number of ether oxygens (including phenoxy) is 1. The number of benzene rings is 3. The monoisotopic (exact) mass is 440 g/mol. The molecule has 0 atom stereocenters. The number of fused-ring (bicyclic) bond motifs is 1. The highest BCUT2D eigenvalue weighted by atomic mass is 35.5. The summed E-state index contributed by atoms with van der Waals surface area (Å²) in [6, 6.07) is 15.9. The van der Waals surface area contributed by atoms with Gasteiger partial charge in [0.05, 0.1) is 39.5 Å². The van der Waals surface area contributed by atoms with Gasteiger partial charge < -0.3 is 10.1 Å². The maximum atomic E-state index is 12.9. The lowest BCUT2D eigenvalue weighted by Gasteiger charge is -2.18. The molecule has 1 heterocycles. The standard InChI is InChI=1S/C22H14Cl2N2O4/c1-30-13-6-4-5-12(9-13)25-20(27)14-7-2-3-8-19(14)26-21(28)15-10-17(23)18(24)11-16(15)22(26)29/h2-11H,1H3,(H,25,27). The third kappa shape index (κ3) is 3.40. The molecule has 1 N–H and O–H groups in total. The van der Waals surface area contributed by atoms with E-state index in [4.69, 9.17) is 27.9 Å². The Balaban J connectivity index is 1.71. The summed E-state index contributed by atoms with van der Waals surface area (Å²) < 4.78 is 5.16. The lowest BCUT2D eigenvalue weighted by molar-refractivity contribution is 0.0926. The summed E-state index contributed by atoms with van der Waals surface area (Å²) in [5.41, 5.74) is 1.10. The fourth-order valence-corrected chi connectivity index (χ4v) is 3.54. The highest BCUT2D eigenvalue weighted by molar-refractivity contribution is 6.44. The number of rotatable bonds is 4. The van der Waals surface area contributed by atoms with Gasteiger partial charge in [-0.3, -0.25) is 14.4 Å². The Morgan fingerprint density at radius 2 is 1.53 bits per heavy atom. The van der Waals surface area contributed by atoms with Gasteiger partial charge in [0, 0.05) is 11.8 Å². The zero-order valence-electron chi connectivity index (χ0n) is 15.6. The molecule has 0 bridgehead atoms. The van der Waals surface area contributed by atoms with Crippen molar-refractivity contribution in [2.75, 3.05) is 17.3 Å². The highest BCUT2D eigenvalue weighted by Gasteiger charge is 2.39. The number of amides is 3. The quantitative estimate of drug-likeness (QED) is 0.575. The maximum absolute atomic E-state index is 12.9. The average molecular weight is 441 g/mol. The van der Waals surface area contributed by atoms with Crippen molar-refractivity contribution in [3.8, 4) is 5.75 Å². The van der Waals surface area contributed by atoms with Gasteiger partial charge in [0.1, 0.15) is 5.75 Å². The summed E-state index contributed by atoms with van der Waals surface area (Å²) in [6.45, 7) is 0. The van der Waals surface area contributed by atoms with Gasteiger partial charge in [0.15, 0.2) is 0 Å². The van der Waals surface area contributed by atoms with E-state index >= 15 is 0 Å². The number of hydrogen-bond donors (Lipinski definition) is 1. The molecule has 0 radical (unpaired) electrons. The molecule has 150 valence electrons. The molecule has 0 aromatic heterocycles. The largest absolute Gasteiger partial charge is 0.497 e. The molecule has 6 nitrogen and oxygen atoms in total. The molecule has 0 unspecified atom stereocenters. The van der Waals surface area contributed by atoms with Crippen LogP contribution in [0.4, 0.5) is 11.4 Å². The molecule has 4 rings (SSSR count). The van der Waals surface area contributed by atoms with Crippen molar-refractivity contribution in [2.24, 2.45) is 0 Å². The molecule has 3 amide bonds. The van der Waals surface area contributed by atoms with Gasteiger partial charge >= 0.3 is 0 Å². The first-order chi connectivity index (χ1) is 14.4. The van der Waals surface area contributed by atoms with Crippen LogP contribution in [0, 0.1) is 0 Å². The number of nitrogens with one attached hydrogen (secondary N) is 1. The van der Waals surface area contributed by atoms with Crippen molar-refractivity contribution in [1.29, 1.82) is 0 Å². The predicted molar refractivity (Wildman–Crippen MR) is 115 cm³/mol. The fraction of sp³-hybridized carbons (Fsp3) is 0.0455. The second kappa shape index (κ2) is 7.82. The highest BCUT2D eigenvalue weighted by Crippen LogP contribution is 2.35. The van der Waals surface area contributed by atoms with E-state index < -0.39 is 17.7 Å². The van der Waals surface area contributed by atoms with Gasteiger partial charge in [-0.25, -0.2) is 4.90 Å². The Bertz CT molecular complexity index is 1170. The molecule has 0 aliphatic carbocycles. The molecule has 0 saturated carbocycles. The number of hydrogen-bond acceptors (Lipinski definition) is 4. The zero-order valence-corrected chi connectivity index (χ0v) is 17.1. The summed E-state index contributed by atoms with van der Waals surface area (Å²) in [5, 5.41) is 3.09. The molecule has 8 heteroatoms. The van der Waals surface area contributed by atoms with E-state index in [1.807, 2.05) is 0 Å². The Morgan fingerprint density at radius 3 is 2.17 bits per heavy atom. The molecule has 30 heavy (non-hydrogen) atoms. The van der Waals surface area contributed by atoms with E-state index in [1.165, 1.54) is 31.4 Å². The summed E-state index contributed by atoms with van der Waals surface area (Å²) in [5.74, 6) is -1.05. The maximum Gasteiger partial charge on any atom is 0.266 e. The van der Waals surface area contributed by atoms with Gasteiger partial charge in [-0.15, -0.1) is 0 Å². The molecule has 1 aliphatic heterocycles. The number of halogens is 2. The number of methoxy groups -OCH3 is 1. The Kier molecular flexibility index (Phi) is 5.20. The first-order valence-electron chi connectivity index (χ1n) is 8.83. The number of carbonyl (C=O) groups is 3. The fourth-order valence-electron chi connectivity index (χ4n) is 3.21. The van der Waals surface area contributed by atoms with E-state index in [1.54, 1.807) is 36.4 Å². The van der Waals surface area contributed by atoms with E-state index in [0.717, 1.165) is 4.90 Å². The first-order valence-corrected chi connectivity index (χ1v) is 9.58. The molecule has 1 aliphatic rings. The summed E-state index contributed by atoms with van der Waals surface area (Å²) in [6.07, 6.45) is 0. The predicted octanol–water partition coefficient (Wildman–Crippen LogP) is 5.05. The number of para-hydroxylation sites is 1. The minimum absolute atomic E-state index is 0.136. The van der Waals surface area contributed by atoms with Crippen LogP contribution in [0.15, 0.2) is 60.7 Å². The van der Waals surface area contributed by atoms with Crippen molar-refractivity contribution < 1.29 is 19.1 Å². The summed E-state index contributed by atoms with van der Waals surface area (Å²) in [4.78, 5) is 39.8. The zero-order chi connectivity index (χ0) is 21.4. The van der Waals surface area contributed by atoms with Gasteiger partial charge in [-0.1, -0.05) is 41.4 Å². The van der Waals surface area contributed by atoms with Crippen molar-refractivity contribution >= 4 is 52.3 Å². The van der Waals surface area contributed by atoms with Crippen molar-refractivity contribution in [3.63, 3.8) is 0 Å². The molecule has 0 fully saturated rings. The van der Waals surface area contributed by atoms with Gasteiger partial charge in [0.25, 0.3) is 17.7 Å². The van der Waals surface area contributed by atoms with Crippen molar-refractivity contribution in [1.82, 2.24) is 0 Å². The van der Waals surface area contributed by atoms with Crippen molar-refractivity contribution in [3.05, 3.63) is 87.4 Å². The molecule has 3 aromatic carbocycles. The summed E-state index contributed by atoms with van der Waals surface area (Å²) >= 11 is 12.0. The molecule has 0 spiro atoms. The van der Waals surface area contributed by atoms with Crippen LogP contribution in [0.5, 0.6) is 5.75 Å². The van der Waals surface area contributed by atoms with Gasteiger partial charge in [-0.05, 0) is 36.4 Å². The van der Waals surface area contributed by atoms with E-state index in [0.29, 0.717) is 11.4 Å². The average Bonchev–Trinajstić information content (AvgIpc) is 2.98. The Labute approximate surface area is 182 Å². The van der Waals surface area contributed by atoms with Crippen LogP contribution >= 0.6 is 23.2 Å². The van der Waals surface area contributed by atoms with Crippen LogP contribution in [0.25, 0.3) is 0 Å².